The number of methoxy groups -OCH3 is 1. The summed E-state index contributed by atoms with van der Waals surface area (Å²) in [5.41, 5.74) is 0. The highest BCUT2D eigenvalue weighted by molar-refractivity contribution is 4.66. The first-order valence-corrected chi connectivity index (χ1v) is 5.49. The smallest absolute Gasteiger partial charge is 0.0589 e. The maximum absolute atomic E-state index is 5.10. The van der Waals surface area contributed by atoms with E-state index in [4.69, 9.17) is 4.74 Å². The molecule has 0 fully saturated rings. The second kappa shape index (κ2) is 8.21. The summed E-state index contributed by atoms with van der Waals surface area (Å²) in [4.78, 5) is 4.70. The second-order valence-corrected chi connectivity index (χ2v) is 4.06. The molecule has 0 spiro atoms. The average Bonchev–Trinajstić information content (AvgIpc) is 2.16. The lowest BCUT2D eigenvalue weighted by Gasteiger charge is -2.28. The topological polar surface area (TPSA) is 15.7 Å². The van der Waals surface area contributed by atoms with Crippen LogP contribution in [0.5, 0.6) is 0 Å². The maximum atomic E-state index is 5.10. The zero-order valence-corrected chi connectivity index (χ0v) is 10.4. The molecule has 0 N–H and O–H groups in total. The van der Waals surface area contributed by atoms with Crippen molar-refractivity contribution in [2.24, 2.45) is 0 Å². The Hall–Kier alpha value is -0.120. The Morgan fingerprint density at radius 2 is 1.86 bits per heavy atom. The fourth-order valence-electron chi connectivity index (χ4n) is 1.53. The summed E-state index contributed by atoms with van der Waals surface area (Å²) in [5.74, 6) is 0. The van der Waals surface area contributed by atoms with Crippen LogP contribution in [-0.2, 0) is 4.74 Å². The Labute approximate surface area is 89.0 Å². The largest absolute Gasteiger partial charge is 0.383 e. The number of nitrogens with zero attached hydrogens (tertiary/aromatic N) is 2. The fraction of sp³-hybridized carbons (Fsp3) is 1.00. The molecule has 0 aliphatic carbocycles. The summed E-state index contributed by atoms with van der Waals surface area (Å²) in [5, 5.41) is 0. The molecule has 0 aromatic carbocycles. The van der Waals surface area contributed by atoms with Gasteiger partial charge in [-0.3, -0.25) is 4.90 Å². The van der Waals surface area contributed by atoms with E-state index in [0.29, 0.717) is 6.04 Å². The molecule has 0 aromatic heterocycles. The van der Waals surface area contributed by atoms with Gasteiger partial charge in [-0.05, 0) is 40.5 Å². The van der Waals surface area contributed by atoms with Crippen molar-refractivity contribution in [3.63, 3.8) is 0 Å². The summed E-state index contributed by atoms with van der Waals surface area (Å²) in [6.45, 7) is 8.65. The van der Waals surface area contributed by atoms with E-state index in [2.05, 4.69) is 37.7 Å². The quantitative estimate of drug-likeness (QED) is 0.590. The minimum atomic E-state index is 0.651. The van der Waals surface area contributed by atoms with E-state index in [1.807, 2.05) is 0 Å². The van der Waals surface area contributed by atoms with Crippen molar-refractivity contribution in [3.8, 4) is 0 Å². The lowest BCUT2D eigenvalue weighted by atomic mass is 10.2. The molecule has 0 rings (SSSR count). The van der Waals surface area contributed by atoms with E-state index >= 15 is 0 Å². The van der Waals surface area contributed by atoms with Crippen LogP contribution in [0.15, 0.2) is 0 Å². The Morgan fingerprint density at radius 3 is 2.29 bits per heavy atom. The second-order valence-electron chi connectivity index (χ2n) is 4.06. The van der Waals surface area contributed by atoms with Crippen LogP contribution in [0.2, 0.25) is 0 Å². The van der Waals surface area contributed by atoms with Crippen LogP contribution in [0.1, 0.15) is 20.3 Å². The number of hydrogen-bond acceptors (Lipinski definition) is 3. The first-order valence-electron chi connectivity index (χ1n) is 5.49. The summed E-state index contributed by atoms with van der Waals surface area (Å²) in [6.07, 6.45) is 1.23. The molecule has 1 atom stereocenters. The van der Waals surface area contributed by atoms with Gasteiger partial charge in [0.15, 0.2) is 0 Å². The first-order chi connectivity index (χ1) is 6.61. The molecule has 0 aliphatic rings. The van der Waals surface area contributed by atoms with Crippen molar-refractivity contribution < 1.29 is 4.74 Å². The van der Waals surface area contributed by atoms with Gasteiger partial charge in [0.1, 0.15) is 0 Å². The molecule has 0 bridgehead atoms. The Morgan fingerprint density at radius 1 is 1.21 bits per heavy atom. The molecule has 86 valence electrons. The average molecular weight is 202 g/mol. The van der Waals surface area contributed by atoms with Gasteiger partial charge in [-0.15, -0.1) is 0 Å². The fourth-order valence-corrected chi connectivity index (χ4v) is 1.53. The summed E-state index contributed by atoms with van der Waals surface area (Å²) < 4.78 is 5.10. The first kappa shape index (κ1) is 13.9. The predicted octanol–water partition coefficient (Wildman–Crippen LogP) is 1.29. The molecule has 3 nitrogen and oxygen atoms in total. The third kappa shape index (κ3) is 6.35. The van der Waals surface area contributed by atoms with Crippen molar-refractivity contribution in [2.75, 3.05) is 47.4 Å². The SMILES string of the molecule is CCN(CCOC)C(C)CCN(C)C. The van der Waals surface area contributed by atoms with Crippen LogP contribution < -0.4 is 0 Å². The van der Waals surface area contributed by atoms with Crippen molar-refractivity contribution in [2.45, 2.75) is 26.3 Å². The van der Waals surface area contributed by atoms with Gasteiger partial charge in [-0.2, -0.15) is 0 Å². The Kier molecular flexibility index (Phi) is 8.14. The van der Waals surface area contributed by atoms with Gasteiger partial charge in [0, 0.05) is 19.7 Å². The van der Waals surface area contributed by atoms with Crippen molar-refractivity contribution in [1.82, 2.24) is 9.80 Å². The van der Waals surface area contributed by atoms with E-state index in [-0.39, 0.29) is 0 Å². The van der Waals surface area contributed by atoms with Gasteiger partial charge >= 0.3 is 0 Å². The summed E-state index contributed by atoms with van der Waals surface area (Å²) in [7, 11) is 6.01. The van der Waals surface area contributed by atoms with E-state index in [1.54, 1.807) is 7.11 Å². The van der Waals surface area contributed by atoms with Gasteiger partial charge in [-0.25, -0.2) is 0 Å². The molecular formula is C11H26N2O. The molecule has 0 radical (unpaired) electrons. The number of rotatable bonds is 8. The lowest BCUT2D eigenvalue weighted by molar-refractivity contribution is 0.122. The minimum Gasteiger partial charge on any atom is -0.383 e. The maximum Gasteiger partial charge on any atom is 0.0589 e. The monoisotopic (exact) mass is 202 g/mol. The zero-order valence-electron chi connectivity index (χ0n) is 10.4. The van der Waals surface area contributed by atoms with Gasteiger partial charge in [0.25, 0.3) is 0 Å². The highest BCUT2D eigenvalue weighted by atomic mass is 16.5. The zero-order chi connectivity index (χ0) is 11.0. The number of ether oxygens (including phenoxy) is 1. The van der Waals surface area contributed by atoms with Crippen LogP contribution in [0.25, 0.3) is 0 Å². The Balaban J connectivity index is 3.72. The number of likely N-dealkylation sites (N-methyl/N-ethyl adjacent to an activating group) is 1. The van der Waals surface area contributed by atoms with Gasteiger partial charge in [0.05, 0.1) is 6.61 Å². The molecule has 0 saturated heterocycles. The number of hydrogen-bond donors (Lipinski definition) is 0. The van der Waals surface area contributed by atoms with Crippen LogP contribution in [-0.4, -0.2) is 63.3 Å². The highest BCUT2D eigenvalue weighted by Crippen LogP contribution is 2.03. The van der Waals surface area contributed by atoms with E-state index in [1.165, 1.54) is 6.42 Å². The molecular weight excluding hydrogens is 176 g/mol. The van der Waals surface area contributed by atoms with Crippen molar-refractivity contribution >= 4 is 0 Å². The standard InChI is InChI=1S/C11H26N2O/c1-6-13(9-10-14-5)11(2)7-8-12(3)4/h11H,6-10H2,1-5H3. The molecule has 0 aliphatic heterocycles. The van der Waals surface area contributed by atoms with E-state index in [9.17, 15) is 0 Å². The van der Waals surface area contributed by atoms with Gasteiger partial charge < -0.3 is 9.64 Å². The van der Waals surface area contributed by atoms with Crippen molar-refractivity contribution in [3.05, 3.63) is 0 Å². The van der Waals surface area contributed by atoms with Crippen molar-refractivity contribution in [1.29, 1.82) is 0 Å². The molecule has 14 heavy (non-hydrogen) atoms. The summed E-state index contributed by atoms with van der Waals surface area (Å²) >= 11 is 0. The van der Waals surface area contributed by atoms with Crippen LogP contribution in [0, 0.1) is 0 Å². The molecule has 3 heteroatoms. The normalized spacial score (nSPS) is 13.9. The molecule has 0 saturated carbocycles. The third-order valence-electron chi connectivity index (χ3n) is 2.61. The molecule has 0 heterocycles. The van der Waals surface area contributed by atoms with Crippen LogP contribution in [0.3, 0.4) is 0 Å². The lowest BCUT2D eigenvalue weighted by Crippen LogP contribution is -2.37. The van der Waals surface area contributed by atoms with E-state index in [0.717, 1.165) is 26.2 Å². The van der Waals surface area contributed by atoms with E-state index < -0.39 is 0 Å². The summed E-state index contributed by atoms with van der Waals surface area (Å²) in [6, 6.07) is 0.651. The highest BCUT2D eigenvalue weighted by Gasteiger charge is 2.11. The van der Waals surface area contributed by atoms with Crippen LogP contribution >= 0.6 is 0 Å². The van der Waals surface area contributed by atoms with Gasteiger partial charge in [-0.1, -0.05) is 6.92 Å². The predicted molar refractivity (Wildman–Crippen MR) is 61.8 cm³/mol. The molecule has 0 aromatic rings. The Bertz CT molecular complexity index is 128. The molecule has 0 amide bonds. The minimum absolute atomic E-state index is 0.651. The van der Waals surface area contributed by atoms with Gasteiger partial charge in [0.2, 0.25) is 0 Å². The molecule has 1 unspecified atom stereocenters. The van der Waals surface area contributed by atoms with Crippen LogP contribution in [0.4, 0.5) is 0 Å². The third-order valence-corrected chi connectivity index (χ3v) is 2.61.